The van der Waals surface area contributed by atoms with Crippen molar-refractivity contribution >= 4 is 17.8 Å². The topological polar surface area (TPSA) is 120 Å². The lowest BCUT2D eigenvalue weighted by molar-refractivity contribution is -0.122. The number of aromatic nitrogens is 3. The molecule has 0 bridgehead atoms. The minimum atomic E-state index is -0.216. The Kier molecular flexibility index (Phi) is 4.51. The van der Waals surface area contributed by atoms with Crippen LogP contribution in [0, 0.1) is 0 Å². The van der Waals surface area contributed by atoms with Crippen molar-refractivity contribution in [2.24, 2.45) is 0 Å². The first kappa shape index (κ1) is 14.3. The van der Waals surface area contributed by atoms with Gasteiger partial charge in [-0.05, 0) is 6.92 Å². The molecule has 1 fully saturated rings. The molecular formula is C11H19N7O2. The molecule has 0 aromatic carbocycles. The average molecular weight is 281 g/mol. The zero-order valence-corrected chi connectivity index (χ0v) is 11.4. The van der Waals surface area contributed by atoms with Gasteiger partial charge in [-0.15, -0.1) is 5.10 Å². The maximum absolute atomic E-state index is 12.1. The molecule has 0 saturated carbocycles. The van der Waals surface area contributed by atoms with Crippen LogP contribution in [0.15, 0.2) is 0 Å². The van der Waals surface area contributed by atoms with Crippen molar-refractivity contribution < 1.29 is 9.59 Å². The van der Waals surface area contributed by atoms with Crippen molar-refractivity contribution in [3.8, 4) is 0 Å². The van der Waals surface area contributed by atoms with Crippen LogP contribution in [-0.2, 0) is 4.79 Å². The molecule has 1 aliphatic rings. The van der Waals surface area contributed by atoms with Gasteiger partial charge in [0.1, 0.15) is 0 Å². The van der Waals surface area contributed by atoms with E-state index in [1.807, 2.05) is 11.8 Å². The number of likely N-dealkylation sites (N-methyl/N-ethyl adjacent to an activating group) is 1. The average Bonchev–Trinajstić information content (AvgIpc) is 2.86. The second-order valence-corrected chi connectivity index (χ2v) is 4.56. The first-order valence-electron chi connectivity index (χ1n) is 6.56. The van der Waals surface area contributed by atoms with Crippen molar-refractivity contribution in [2.75, 3.05) is 45.0 Å². The Morgan fingerprint density at radius 3 is 2.60 bits per heavy atom. The van der Waals surface area contributed by atoms with Crippen LogP contribution in [0.1, 0.15) is 17.5 Å². The van der Waals surface area contributed by atoms with Crippen LogP contribution in [0.5, 0.6) is 0 Å². The number of nitrogens with zero attached hydrogens (tertiary/aromatic N) is 4. The van der Waals surface area contributed by atoms with E-state index in [0.29, 0.717) is 39.3 Å². The maximum atomic E-state index is 12.1. The minimum Gasteiger partial charge on any atom is -0.366 e. The van der Waals surface area contributed by atoms with E-state index in [1.165, 1.54) is 0 Å². The first-order chi connectivity index (χ1) is 9.60. The van der Waals surface area contributed by atoms with E-state index in [-0.39, 0.29) is 23.6 Å². The van der Waals surface area contributed by atoms with E-state index in [2.05, 4.69) is 20.5 Å². The summed E-state index contributed by atoms with van der Waals surface area (Å²) in [7, 11) is 0. The van der Waals surface area contributed by atoms with Gasteiger partial charge in [0.05, 0.1) is 6.54 Å². The van der Waals surface area contributed by atoms with Crippen LogP contribution >= 0.6 is 0 Å². The smallest absolute Gasteiger partial charge is 0.291 e. The van der Waals surface area contributed by atoms with Gasteiger partial charge >= 0.3 is 0 Å². The van der Waals surface area contributed by atoms with Crippen LogP contribution in [0.2, 0.25) is 0 Å². The van der Waals surface area contributed by atoms with Gasteiger partial charge in [0, 0.05) is 32.7 Å². The first-order valence-corrected chi connectivity index (χ1v) is 6.56. The fourth-order valence-electron chi connectivity index (χ4n) is 2.09. The van der Waals surface area contributed by atoms with Crippen LogP contribution in [0.4, 0.5) is 5.95 Å². The standard InChI is InChI=1S/C11H19N7O2/c1-2-13-8(19)7-17-3-5-18(6-4-17)10(20)9-14-11(12)16-15-9/h2-7H2,1H3,(H,13,19)(H3,12,14,15,16). The van der Waals surface area contributed by atoms with Crippen molar-refractivity contribution in [3.05, 3.63) is 5.82 Å². The van der Waals surface area contributed by atoms with Gasteiger partial charge in [-0.2, -0.15) is 4.98 Å². The van der Waals surface area contributed by atoms with Gasteiger partial charge < -0.3 is 16.0 Å². The van der Waals surface area contributed by atoms with E-state index < -0.39 is 0 Å². The van der Waals surface area contributed by atoms with Gasteiger partial charge in [0.25, 0.3) is 5.91 Å². The number of nitrogen functional groups attached to an aromatic ring is 1. The second kappa shape index (κ2) is 6.33. The molecule has 0 radical (unpaired) electrons. The molecule has 0 unspecified atom stereocenters. The molecule has 9 nitrogen and oxygen atoms in total. The number of nitrogens with two attached hydrogens (primary N) is 1. The summed E-state index contributed by atoms with van der Waals surface area (Å²) in [6, 6.07) is 0. The maximum Gasteiger partial charge on any atom is 0.291 e. The number of nitrogens with one attached hydrogen (secondary N) is 2. The van der Waals surface area contributed by atoms with Crippen LogP contribution in [0.25, 0.3) is 0 Å². The Morgan fingerprint density at radius 2 is 2.05 bits per heavy atom. The van der Waals surface area contributed by atoms with Crippen LogP contribution < -0.4 is 11.1 Å². The third-order valence-electron chi connectivity index (χ3n) is 3.11. The molecule has 2 heterocycles. The van der Waals surface area contributed by atoms with Gasteiger partial charge in [0.15, 0.2) is 0 Å². The molecule has 1 saturated heterocycles. The van der Waals surface area contributed by atoms with Crippen molar-refractivity contribution in [2.45, 2.75) is 6.92 Å². The SMILES string of the molecule is CCNC(=O)CN1CCN(C(=O)c2nc(N)n[nH]2)CC1. The lowest BCUT2D eigenvalue weighted by Gasteiger charge is -2.33. The van der Waals surface area contributed by atoms with Crippen molar-refractivity contribution in [1.82, 2.24) is 30.3 Å². The number of hydrogen-bond acceptors (Lipinski definition) is 6. The normalized spacial score (nSPS) is 16.1. The van der Waals surface area contributed by atoms with E-state index in [9.17, 15) is 9.59 Å². The molecule has 4 N–H and O–H groups in total. The fraction of sp³-hybridized carbons (Fsp3) is 0.636. The molecule has 9 heteroatoms. The molecular weight excluding hydrogens is 262 g/mol. The Morgan fingerprint density at radius 1 is 1.35 bits per heavy atom. The lowest BCUT2D eigenvalue weighted by atomic mass is 10.3. The van der Waals surface area contributed by atoms with E-state index in [4.69, 9.17) is 5.73 Å². The van der Waals surface area contributed by atoms with Crippen molar-refractivity contribution in [1.29, 1.82) is 0 Å². The van der Waals surface area contributed by atoms with E-state index in [0.717, 1.165) is 0 Å². The number of aromatic amines is 1. The summed E-state index contributed by atoms with van der Waals surface area (Å²) in [5.41, 5.74) is 5.37. The van der Waals surface area contributed by atoms with Gasteiger partial charge in [-0.25, -0.2) is 0 Å². The van der Waals surface area contributed by atoms with Crippen LogP contribution in [0.3, 0.4) is 0 Å². The highest BCUT2D eigenvalue weighted by Gasteiger charge is 2.24. The predicted octanol–water partition coefficient (Wildman–Crippen LogP) is -1.72. The summed E-state index contributed by atoms with van der Waals surface area (Å²) < 4.78 is 0. The quantitative estimate of drug-likeness (QED) is 0.604. The molecule has 1 aromatic heterocycles. The summed E-state index contributed by atoms with van der Waals surface area (Å²) in [6.45, 7) is 5.31. The van der Waals surface area contributed by atoms with Crippen LogP contribution in [-0.4, -0.2) is 76.1 Å². The molecule has 0 atom stereocenters. The van der Waals surface area contributed by atoms with E-state index in [1.54, 1.807) is 4.90 Å². The summed E-state index contributed by atoms with van der Waals surface area (Å²) in [5, 5.41) is 8.90. The highest BCUT2D eigenvalue weighted by Crippen LogP contribution is 2.06. The molecule has 2 rings (SSSR count). The summed E-state index contributed by atoms with van der Waals surface area (Å²) in [5.74, 6) is 0.00467. The fourth-order valence-corrected chi connectivity index (χ4v) is 2.09. The van der Waals surface area contributed by atoms with Gasteiger partial charge in [-0.1, -0.05) is 0 Å². The second-order valence-electron chi connectivity index (χ2n) is 4.56. The van der Waals surface area contributed by atoms with Gasteiger partial charge in [0.2, 0.25) is 17.7 Å². The number of carbonyl (C=O) groups excluding carboxylic acids is 2. The predicted molar refractivity (Wildman–Crippen MR) is 71.8 cm³/mol. The monoisotopic (exact) mass is 281 g/mol. The molecule has 1 aliphatic heterocycles. The number of hydrogen-bond donors (Lipinski definition) is 3. The number of rotatable bonds is 4. The zero-order chi connectivity index (χ0) is 14.5. The molecule has 1 aromatic rings. The third-order valence-corrected chi connectivity index (χ3v) is 3.11. The minimum absolute atomic E-state index is 0.00952. The zero-order valence-electron chi connectivity index (χ0n) is 11.4. The lowest BCUT2D eigenvalue weighted by Crippen LogP contribution is -2.51. The molecule has 110 valence electrons. The molecule has 20 heavy (non-hydrogen) atoms. The largest absolute Gasteiger partial charge is 0.366 e. The number of piperazine rings is 1. The summed E-state index contributed by atoms with van der Waals surface area (Å²) in [4.78, 5) is 31.1. The highest BCUT2D eigenvalue weighted by molar-refractivity contribution is 5.90. The Bertz CT molecular complexity index is 479. The van der Waals surface area contributed by atoms with Gasteiger partial charge in [-0.3, -0.25) is 19.6 Å². The Balaban J connectivity index is 1.82. The van der Waals surface area contributed by atoms with Crippen molar-refractivity contribution in [3.63, 3.8) is 0 Å². The molecule has 2 amide bonds. The Labute approximate surface area is 116 Å². The third kappa shape index (κ3) is 3.44. The number of anilines is 1. The number of carbonyl (C=O) groups is 2. The molecule has 0 aliphatic carbocycles. The number of H-pyrrole nitrogens is 1. The number of amides is 2. The summed E-state index contributed by atoms with van der Waals surface area (Å²) >= 11 is 0. The highest BCUT2D eigenvalue weighted by atomic mass is 16.2. The summed E-state index contributed by atoms with van der Waals surface area (Å²) in [6.07, 6.45) is 0. The Hall–Kier alpha value is -2.16. The van der Waals surface area contributed by atoms with E-state index >= 15 is 0 Å². The molecule has 0 spiro atoms.